The first-order chi connectivity index (χ1) is 6.86. The molecule has 0 aromatic rings. The zero-order valence-corrected chi connectivity index (χ0v) is 10.7. The van der Waals surface area contributed by atoms with E-state index in [0.29, 0.717) is 11.3 Å². The minimum atomic E-state index is -0.0186. The van der Waals surface area contributed by atoms with Crippen molar-refractivity contribution >= 4 is 5.97 Å². The number of methoxy groups -OCH3 is 1. The van der Waals surface area contributed by atoms with Crippen molar-refractivity contribution in [1.82, 2.24) is 0 Å². The number of rotatable bonds is 1. The minimum Gasteiger partial charge on any atom is -0.469 e. The fraction of sp³-hybridized carbons (Fsp3) is 0.923. The van der Waals surface area contributed by atoms with Crippen molar-refractivity contribution in [1.29, 1.82) is 0 Å². The highest BCUT2D eigenvalue weighted by molar-refractivity contribution is 5.72. The van der Waals surface area contributed by atoms with Gasteiger partial charge in [0.25, 0.3) is 0 Å². The van der Waals surface area contributed by atoms with Crippen LogP contribution in [0.3, 0.4) is 0 Å². The van der Waals surface area contributed by atoms with E-state index in [0.717, 1.165) is 25.2 Å². The molecule has 1 saturated carbocycles. The lowest BCUT2D eigenvalue weighted by atomic mass is 9.66. The predicted molar refractivity (Wildman–Crippen MR) is 61.5 cm³/mol. The molecular weight excluding hydrogens is 188 g/mol. The van der Waals surface area contributed by atoms with Crippen LogP contribution in [0.15, 0.2) is 0 Å². The number of carbonyl (C=O) groups is 1. The summed E-state index contributed by atoms with van der Waals surface area (Å²) in [6, 6.07) is 0. The normalized spacial score (nSPS) is 32.5. The number of ether oxygens (including phenoxy) is 1. The molecule has 1 aliphatic carbocycles. The Bertz CT molecular complexity index is 227. The fourth-order valence-electron chi connectivity index (χ4n) is 2.68. The summed E-state index contributed by atoms with van der Waals surface area (Å²) in [6.45, 7) is 9.06. The molecule has 0 radical (unpaired) electrons. The highest BCUT2D eigenvalue weighted by atomic mass is 16.5. The summed E-state index contributed by atoms with van der Waals surface area (Å²) in [5.74, 6) is 1.33. The summed E-state index contributed by atoms with van der Waals surface area (Å²) in [4.78, 5) is 11.5. The number of hydrogen-bond donors (Lipinski definition) is 0. The Kier molecular flexibility index (Phi) is 3.80. The smallest absolute Gasteiger partial charge is 0.308 e. The molecule has 0 saturated heterocycles. The summed E-state index contributed by atoms with van der Waals surface area (Å²) in [5.41, 5.74) is 0.370. The first kappa shape index (κ1) is 12.5. The van der Waals surface area contributed by atoms with Crippen molar-refractivity contribution < 1.29 is 9.53 Å². The molecule has 0 aromatic heterocycles. The lowest BCUT2D eigenvalue weighted by Gasteiger charge is -2.39. The van der Waals surface area contributed by atoms with Gasteiger partial charge in [-0.1, -0.05) is 27.7 Å². The van der Waals surface area contributed by atoms with E-state index in [2.05, 4.69) is 27.7 Å². The molecule has 0 bridgehead atoms. The zero-order valence-electron chi connectivity index (χ0n) is 10.7. The maximum Gasteiger partial charge on any atom is 0.308 e. The van der Waals surface area contributed by atoms with Crippen LogP contribution in [0, 0.1) is 23.2 Å². The Labute approximate surface area is 93.4 Å². The van der Waals surface area contributed by atoms with Gasteiger partial charge in [-0.05, 0) is 36.5 Å². The van der Waals surface area contributed by atoms with Crippen LogP contribution < -0.4 is 0 Å². The van der Waals surface area contributed by atoms with E-state index < -0.39 is 0 Å². The van der Waals surface area contributed by atoms with Crippen LogP contribution in [-0.2, 0) is 9.53 Å². The lowest BCUT2D eigenvalue weighted by Crippen LogP contribution is -2.34. The number of hydrogen-bond acceptors (Lipinski definition) is 2. The summed E-state index contributed by atoms with van der Waals surface area (Å²) < 4.78 is 4.84. The molecule has 2 nitrogen and oxygen atoms in total. The molecule has 0 aromatic carbocycles. The van der Waals surface area contributed by atoms with E-state index in [-0.39, 0.29) is 11.9 Å². The molecule has 0 N–H and O–H groups in total. The van der Waals surface area contributed by atoms with Crippen LogP contribution in [-0.4, -0.2) is 13.1 Å². The molecule has 0 spiro atoms. The Morgan fingerprint density at radius 3 is 2.27 bits per heavy atom. The fourth-order valence-corrected chi connectivity index (χ4v) is 2.68. The third kappa shape index (κ3) is 2.96. The van der Waals surface area contributed by atoms with Crippen LogP contribution in [0.4, 0.5) is 0 Å². The van der Waals surface area contributed by atoms with E-state index in [9.17, 15) is 4.79 Å². The molecule has 15 heavy (non-hydrogen) atoms. The zero-order chi connectivity index (χ0) is 11.6. The highest BCUT2D eigenvalue weighted by Crippen LogP contribution is 2.42. The maximum absolute atomic E-state index is 11.5. The van der Waals surface area contributed by atoms with Gasteiger partial charge in [-0.3, -0.25) is 4.79 Å². The van der Waals surface area contributed by atoms with Crippen molar-refractivity contribution in [2.24, 2.45) is 23.2 Å². The highest BCUT2D eigenvalue weighted by Gasteiger charge is 2.37. The van der Waals surface area contributed by atoms with Gasteiger partial charge in [0, 0.05) is 0 Å². The molecule has 1 fully saturated rings. The van der Waals surface area contributed by atoms with E-state index in [1.807, 2.05) is 0 Å². The van der Waals surface area contributed by atoms with E-state index >= 15 is 0 Å². The Balaban J connectivity index is 2.59. The Hall–Kier alpha value is -0.530. The SMILES string of the molecule is COC(=O)[C@H]1CC[C@@H](C(C)(C)C)C[C@@H]1C. The molecule has 2 heteroatoms. The monoisotopic (exact) mass is 212 g/mol. The quantitative estimate of drug-likeness (QED) is 0.624. The van der Waals surface area contributed by atoms with Crippen LogP contribution in [0.25, 0.3) is 0 Å². The molecular formula is C13H24O2. The average Bonchev–Trinajstić information content (AvgIpc) is 2.15. The molecule has 0 aliphatic heterocycles. The van der Waals surface area contributed by atoms with Gasteiger partial charge in [0.1, 0.15) is 0 Å². The molecule has 3 atom stereocenters. The van der Waals surface area contributed by atoms with E-state index in [4.69, 9.17) is 4.74 Å². The van der Waals surface area contributed by atoms with Gasteiger partial charge in [-0.2, -0.15) is 0 Å². The Morgan fingerprint density at radius 1 is 1.27 bits per heavy atom. The van der Waals surface area contributed by atoms with Crippen LogP contribution in [0.1, 0.15) is 47.0 Å². The number of carbonyl (C=O) groups excluding carboxylic acids is 1. The van der Waals surface area contributed by atoms with Crippen molar-refractivity contribution in [2.45, 2.75) is 47.0 Å². The first-order valence-electron chi connectivity index (χ1n) is 5.94. The number of esters is 1. The minimum absolute atomic E-state index is 0.0186. The molecule has 0 heterocycles. The van der Waals surface area contributed by atoms with Gasteiger partial charge >= 0.3 is 5.97 Å². The first-order valence-corrected chi connectivity index (χ1v) is 5.94. The molecule has 1 aliphatic rings. The average molecular weight is 212 g/mol. The largest absolute Gasteiger partial charge is 0.469 e. The van der Waals surface area contributed by atoms with Crippen molar-refractivity contribution in [3.8, 4) is 0 Å². The summed E-state index contributed by atoms with van der Waals surface area (Å²) in [6.07, 6.45) is 3.31. The van der Waals surface area contributed by atoms with Crippen LogP contribution in [0.2, 0.25) is 0 Å². The second-order valence-corrected chi connectivity index (χ2v) is 5.98. The van der Waals surface area contributed by atoms with Gasteiger partial charge < -0.3 is 4.74 Å². The topological polar surface area (TPSA) is 26.3 Å². The third-order valence-electron chi connectivity index (χ3n) is 3.90. The third-order valence-corrected chi connectivity index (χ3v) is 3.90. The second-order valence-electron chi connectivity index (χ2n) is 5.98. The summed E-state index contributed by atoms with van der Waals surface area (Å²) in [7, 11) is 1.49. The second kappa shape index (κ2) is 4.54. The molecule has 0 unspecified atom stereocenters. The van der Waals surface area contributed by atoms with Crippen molar-refractivity contribution in [3.05, 3.63) is 0 Å². The van der Waals surface area contributed by atoms with Crippen molar-refractivity contribution in [3.63, 3.8) is 0 Å². The van der Waals surface area contributed by atoms with Gasteiger partial charge in [0.05, 0.1) is 13.0 Å². The van der Waals surface area contributed by atoms with E-state index in [1.165, 1.54) is 7.11 Å². The molecule has 1 rings (SSSR count). The van der Waals surface area contributed by atoms with Gasteiger partial charge in [-0.15, -0.1) is 0 Å². The van der Waals surface area contributed by atoms with Gasteiger partial charge in [0.2, 0.25) is 0 Å². The van der Waals surface area contributed by atoms with Crippen LogP contribution in [0.5, 0.6) is 0 Å². The summed E-state index contributed by atoms with van der Waals surface area (Å²) in [5, 5.41) is 0. The standard InChI is InChI=1S/C13H24O2/c1-9-8-10(13(2,3)4)6-7-11(9)12(14)15-5/h9-11H,6-8H2,1-5H3/t9-,10+,11-/m0/s1. The van der Waals surface area contributed by atoms with Gasteiger partial charge in [0.15, 0.2) is 0 Å². The molecule has 0 amide bonds. The summed E-state index contributed by atoms with van der Waals surface area (Å²) >= 11 is 0. The van der Waals surface area contributed by atoms with Crippen LogP contribution >= 0.6 is 0 Å². The maximum atomic E-state index is 11.5. The predicted octanol–water partition coefficient (Wildman–Crippen LogP) is 3.26. The van der Waals surface area contributed by atoms with Gasteiger partial charge in [-0.25, -0.2) is 0 Å². The Morgan fingerprint density at radius 2 is 1.87 bits per heavy atom. The van der Waals surface area contributed by atoms with Crippen molar-refractivity contribution in [2.75, 3.05) is 7.11 Å². The molecule has 88 valence electrons. The lowest BCUT2D eigenvalue weighted by molar-refractivity contribution is -0.149. The van der Waals surface area contributed by atoms with E-state index in [1.54, 1.807) is 0 Å².